The third-order valence-corrected chi connectivity index (χ3v) is 7.42. The van der Waals surface area contributed by atoms with Crippen molar-refractivity contribution in [2.45, 2.75) is 81.1 Å². The van der Waals surface area contributed by atoms with Gasteiger partial charge in [-0.25, -0.2) is 9.36 Å². The molecule has 0 unspecified atom stereocenters. The van der Waals surface area contributed by atoms with Gasteiger partial charge in [-0.2, -0.15) is 10.2 Å². The van der Waals surface area contributed by atoms with Crippen molar-refractivity contribution in [2.75, 3.05) is 0 Å². The average Bonchev–Trinajstić information content (AvgIpc) is 3.37. The third-order valence-electron chi connectivity index (χ3n) is 6.92. The average molecular weight is 570 g/mol. The number of hydrogen-bond acceptors (Lipinski definition) is 3. The molecule has 39 heavy (non-hydrogen) atoms. The molecule has 2 aromatic carbocycles. The van der Waals surface area contributed by atoms with Gasteiger partial charge in [0.25, 0.3) is 0 Å². The maximum absolute atomic E-state index is 12.8. The van der Waals surface area contributed by atoms with Crippen LogP contribution in [-0.2, 0) is 0 Å². The predicted molar refractivity (Wildman–Crippen MR) is 165 cm³/mol. The molecule has 2 heterocycles. The van der Waals surface area contributed by atoms with Crippen LogP contribution in [0, 0.1) is 33.6 Å². The van der Waals surface area contributed by atoms with E-state index in [0.717, 1.165) is 44.7 Å². The number of hydrogen-bond donors (Lipinski definition) is 0. The first-order valence-electron chi connectivity index (χ1n) is 12.9. The summed E-state index contributed by atoms with van der Waals surface area (Å²) in [4.78, 5) is 12.8. The molecule has 0 N–H and O–H groups in total. The largest absolute Gasteiger partial charge is 0.294 e. The van der Waals surface area contributed by atoms with E-state index in [1.807, 2.05) is 85.6 Å². The molecule has 0 saturated heterocycles. The Kier molecular flexibility index (Phi) is 12.0. The van der Waals surface area contributed by atoms with Crippen LogP contribution in [0.3, 0.4) is 0 Å². The topological polar surface area (TPSA) is 52.7 Å². The number of Topliss-reactive ketones (excluding diaryl/α,β-unsaturated/α-hetero) is 1. The molecule has 1 aliphatic carbocycles. The van der Waals surface area contributed by atoms with Crippen molar-refractivity contribution < 1.29 is 4.79 Å². The van der Waals surface area contributed by atoms with Crippen molar-refractivity contribution in [1.82, 2.24) is 19.6 Å². The second kappa shape index (κ2) is 14.5. The summed E-state index contributed by atoms with van der Waals surface area (Å²) in [5, 5.41) is 10.4. The van der Waals surface area contributed by atoms with E-state index < -0.39 is 0 Å². The van der Waals surface area contributed by atoms with Gasteiger partial charge in [-0.05, 0) is 88.2 Å². The summed E-state index contributed by atoms with van der Waals surface area (Å²) >= 11 is 11.8. The normalized spacial score (nSPS) is 13.1. The summed E-state index contributed by atoms with van der Waals surface area (Å²) in [5.74, 6) is 0.793. The molecule has 2 aromatic heterocycles. The Labute approximate surface area is 244 Å². The molecule has 0 aliphatic heterocycles. The predicted octanol–water partition coefficient (Wildman–Crippen LogP) is 9.71. The van der Waals surface area contributed by atoms with Gasteiger partial charge >= 0.3 is 0 Å². The second-order valence-electron chi connectivity index (χ2n) is 9.88. The monoisotopic (exact) mass is 568 g/mol. The molecular formula is C32H42Cl2N4O. The van der Waals surface area contributed by atoms with Gasteiger partial charge in [0, 0.05) is 22.2 Å². The minimum atomic E-state index is 0. The summed E-state index contributed by atoms with van der Waals surface area (Å²) in [6.07, 6.45) is 6.88. The Morgan fingerprint density at radius 3 is 1.79 bits per heavy atom. The number of carbonyl (C=O) groups excluding carboxylic acids is 1. The molecule has 4 aromatic rings. The molecule has 0 atom stereocenters. The first-order chi connectivity index (χ1) is 17.7. The van der Waals surface area contributed by atoms with E-state index in [2.05, 4.69) is 16.3 Å². The van der Waals surface area contributed by atoms with Gasteiger partial charge in [-0.15, -0.1) is 0 Å². The molecule has 7 heteroatoms. The van der Waals surface area contributed by atoms with E-state index in [9.17, 15) is 4.79 Å². The van der Waals surface area contributed by atoms with Gasteiger partial charge in [0.05, 0.1) is 34.0 Å². The lowest BCUT2D eigenvalue weighted by atomic mass is 9.84. The first-order valence-corrected chi connectivity index (χ1v) is 13.6. The highest BCUT2D eigenvalue weighted by Gasteiger charge is 2.23. The molecular weight excluding hydrogens is 527 g/mol. The summed E-state index contributed by atoms with van der Waals surface area (Å²) in [7, 11) is 0. The Balaban J connectivity index is 0.000000288. The van der Waals surface area contributed by atoms with Crippen LogP contribution in [0.5, 0.6) is 0 Å². The van der Waals surface area contributed by atoms with Crippen molar-refractivity contribution in [3.8, 4) is 11.4 Å². The molecule has 0 bridgehead atoms. The van der Waals surface area contributed by atoms with E-state index in [4.69, 9.17) is 23.2 Å². The van der Waals surface area contributed by atoms with Crippen molar-refractivity contribution in [3.05, 3.63) is 93.0 Å². The Hall–Kier alpha value is -2.89. The van der Waals surface area contributed by atoms with Gasteiger partial charge < -0.3 is 0 Å². The molecule has 210 valence electrons. The fraction of sp³-hybridized carbons (Fsp3) is 0.406. The number of aromatic nitrogens is 4. The molecule has 5 nitrogen and oxygen atoms in total. The van der Waals surface area contributed by atoms with E-state index in [1.165, 1.54) is 32.1 Å². The zero-order valence-electron chi connectivity index (χ0n) is 22.0. The lowest BCUT2D eigenvalue weighted by molar-refractivity contribution is 0.0949. The van der Waals surface area contributed by atoms with Crippen LogP contribution in [-0.4, -0.2) is 25.3 Å². The summed E-state index contributed by atoms with van der Waals surface area (Å²) in [5.41, 5.74) is 6.67. The fourth-order valence-electron chi connectivity index (χ4n) is 5.11. The van der Waals surface area contributed by atoms with Crippen molar-refractivity contribution in [3.63, 3.8) is 0 Å². The first kappa shape index (κ1) is 32.3. The van der Waals surface area contributed by atoms with Crippen LogP contribution < -0.4 is 0 Å². The standard InChI is InChI=1S/C19H23ClN2O.C11H11ClN2.2CH4/c1-13-19(18(23)12-15-6-4-3-5-7-15)14(2)22(21-13)17-10-8-16(20)9-11-17;1-8-7-9(2)14(13-8)11-5-3-10(12)4-6-11;;/h8-11,15H,3-7,12H2,1-2H3;3-7H,1-2H3;2*1H4. The molecule has 0 spiro atoms. The highest BCUT2D eigenvalue weighted by Crippen LogP contribution is 2.29. The third kappa shape index (κ3) is 8.06. The van der Waals surface area contributed by atoms with Crippen molar-refractivity contribution in [1.29, 1.82) is 0 Å². The lowest BCUT2D eigenvalue weighted by Gasteiger charge is -2.20. The number of aryl methyl sites for hydroxylation is 3. The zero-order valence-corrected chi connectivity index (χ0v) is 23.5. The van der Waals surface area contributed by atoms with E-state index in [0.29, 0.717) is 17.4 Å². The highest BCUT2D eigenvalue weighted by molar-refractivity contribution is 6.30. The smallest absolute Gasteiger partial charge is 0.166 e. The summed E-state index contributed by atoms with van der Waals surface area (Å²) in [6, 6.07) is 17.3. The Bertz CT molecular complexity index is 1350. The molecule has 0 amide bonds. The number of ketones is 1. The summed E-state index contributed by atoms with van der Waals surface area (Å²) in [6.45, 7) is 7.92. The van der Waals surface area contributed by atoms with Crippen LogP contribution >= 0.6 is 23.2 Å². The number of nitrogens with zero attached hydrogens (tertiary/aromatic N) is 4. The van der Waals surface area contributed by atoms with Gasteiger partial charge in [0.15, 0.2) is 5.78 Å². The maximum Gasteiger partial charge on any atom is 0.166 e. The maximum atomic E-state index is 12.8. The van der Waals surface area contributed by atoms with E-state index >= 15 is 0 Å². The van der Waals surface area contributed by atoms with E-state index in [-0.39, 0.29) is 20.6 Å². The van der Waals surface area contributed by atoms with Crippen LogP contribution in [0.15, 0.2) is 54.6 Å². The van der Waals surface area contributed by atoms with Crippen LogP contribution in [0.25, 0.3) is 11.4 Å². The fourth-order valence-corrected chi connectivity index (χ4v) is 5.36. The number of halogens is 2. The van der Waals surface area contributed by atoms with Gasteiger partial charge in [-0.1, -0.05) is 70.2 Å². The number of benzene rings is 2. The Morgan fingerprint density at radius 1 is 0.795 bits per heavy atom. The van der Waals surface area contributed by atoms with Gasteiger partial charge in [0.1, 0.15) is 0 Å². The second-order valence-corrected chi connectivity index (χ2v) is 10.8. The minimum absolute atomic E-state index is 0. The Morgan fingerprint density at radius 2 is 1.31 bits per heavy atom. The number of rotatable bonds is 5. The molecule has 5 rings (SSSR count). The van der Waals surface area contributed by atoms with Crippen molar-refractivity contribution >= 4 is 29.0 Å². The SMILES string of the molecule is C.C.Cc1cc(C)n(-c2ccc(Cl)cc2)n1.Cc1nn(-c2ccc(Cl)cc2)c(C)c1C(=O)CC1CCCCC1. The molecule has 1 fully saturated rings. The zero-order chi connectivity index (χ0) is 26.5. The molecule has 0 radical (unpaired) electrons. The van der Waals surface area contributed by atoms with E-state index in [1.54, 1.807) is 0 Å². The lowest BCUT2D eigenvalue weighted by Crippen LogP contribution is -2.13. The summed E-state index contributed by atoms with van der Waals surface area (Å²) < 4.78 is 3.76. The molecule has 1 aliphatic rings. The van der Waals surface area contributed by atoms with Crippen molar-refractivity contribution in [2.24, 2.45) is 5.92 Å². The number of carbonyl (C=O) groups is 1. The van der Waals surface area contributed by atoms with Gasteiger partial charge in [-0.3, -0.25) is 4.79 Å². The minimum Gasteiger partial charge on any atom is -0.294 e. The van der Waals surface area contributed by atoms with Crippen LogP contribution in [0.1, 0.15) is 86.5 Å². The van der Waals surface area contributed by atoms with Gasteiger partial charge in [0.2, 0.25) is 0 Å². The van der Waals surface area contributed by atoms with Crippen LogP contribution in [0.2, 0.25) is 10.0 Å². The highest BCUT2D eigenvalue weighted by atomic mass is 35.5. The molecule has 1 saturated carbocycles. The van der Waals surface area contributed by atoms with Crippen LogP contribution in [0.4, 0.5) is 0 Å². The quantitative estimate of drug-likeness (QED) is 0.225.